The zero-order chi connectivity index (χ0) is 15.2. The van der Waals surface area contributed by atoms with E-state index in [1.54, 1.807) is 0 Å². The molecule has 5 nitrogen and oxygen atoms in total. The zero-order valence-electron chi connectivity index (χ0n) is 13.3. The third-order valence-corrected chi connectivity index (χ3v) is 3.48. The molecule has 0 radical (unpaired) electrons. The first kappa shape index (κ1) is 15.4. The van der Waals surface area contributed by atoms with Crippen molar-refractivity contribution in [2.75, 3.05) is 6.54 Å². The monoisotopic (exact) mass is 287 g/mol. The van der Waals surface area contributed by atoms with E-state index in [4.69, 9.17) is 0 Å². The summed E-state index contributed by atoms with van der Waals surface area (Å²) in [4.78, 5) is 9.22. The van der Waals surface area contributed by atoms with Crippen molar-refractivity contribution in [3.05, 3.63) is 35.8 Å². The molecule has 0 saturated carbocycles. The third-order valence-electron chi connectivity index (χ3n) is 3.48. The van der Waals surface area contributed by atoms with Gasteiger partial charge in [-0.1, -0.05) is 13.0 Å². The molecule has 0 bridgehead atoms. The molecular weight excluding hydrogens is 262 g/mol. The normalized spacial score (nSPS) is 13.4. The molecule has 0 aliphatic heterocycles. The number of fused-ring (bicyclic) bond motifs is 1. The van der Waals surface area contributed by atoms with Gasteiger partial charge < -0.3 is 15.0 Å². The number of aromatic nitrogens is 2. The highest BCUT2D eigenvalue weighted by molar-refractivity contribution is 5.80. The fraction of sp³-hybridized carbons (Fsp3) is 0.500. The summed E-state index contributed by atoms with van der Waals surface area (Å²) in [6, 6.07) is 6.53. The van der Waals surface area contributed by atoms with Crippen LogP contribution in [0.2, 0.25) is 0 Å². The molecule has 2 N–H and O–H groups in total. The molecule has 5 heteroatoms. The minimum absolute atomic E-state index is 0.408. The number of aryl methyl sites for hydroxylation is 1. The lowest BCUT2D eigenvalue weighted by molar-refractivity contribution is 0.624. The van der Waals surface area contributed by atoms with Crippen LogP contribution in [0.1, 0.15) is 38.6 Å². The van der Waals surface area contributed by atoms with Gasteiger partial charge in [0.25, 0.3) is 0 Å². The van der Waals surface area contributed by atoms with Crippen LogP contribution in [0.25, 0.3) is 5.65 Å². The van der Waals surface area contributed by atoms with Crippen LogP contribution >= 0.6 is 0 Å². The van der Waals surface area contributed by atoms with Crippen molar-refractivity contribution in [1.82, 2.24) is 20.0 Å². The average molecular weight is 287 g/mol. The fourth-order valence-electron chi connectivity index (χ4n) is 2.09. The Kier molecular flexibility index (Phi) is 5.20. The number of guanidine groups is 1. The van der Waals surface area contributed by atoms with Crippen LogP contribution in [0.5, 0.6) is 0 Å². The lowest BCUT2D eigenvalue weighted by Gasteiger charge is -2.15. The highest BCUT2D eigenvalue weighted by atomic mass is 15.2. The Morgan fingerprint density at radius 2 is 2.19 bits per heavy atom. The molecule has 0 aromatic carbocycles. The number of hydrogen-bond acceptors (Lipinski definition) is 2. The molecule has 1 atom stereocenters. The summed E-state index contributed by atoms with van der Waals surface area (Å²) >= 11 is 0. The lowest BCUT2D eigenvalue weighted by Crippen LogP contribution is -2.41. The number of imidazole rings is 1. The Hall–Kier alpha value is -2.04. The summed E-state index contributed by atoms with van der Waals surface area (Å²) in [6.45, 7) is 9.89. The average Bonchev–Trinajstić information content (AvgIpc) is 2.89. The van der Waals surface area contributed by atoms with E-state index in [-0.39, 0.29) is 0 Å². The molecule has 0 aliphatic rings. The minimum Gasteiger partial charge on any atom is -0.357 e. The van der Waals surface area contributed by atoms with Gasteiger partial charge in [0.2, 0.25) is 0 Å². The standard InChI is InChI=1S/C16H25N5/c1-5-12(3)19-16(17-6-2)18-10-14-11-21-13(4)8-7-9-15(21)20-14/h7-9,11-12H,5-6,10H2,1-4H3,(H2,17,18,19). The maximum atomic E-state index is 4.62. The van der Waals surface area contributed by atoms with E-state index >= 15 is 0 Å². The van der Waals surface area contributed by atoms with Crippen molar-refractivity contribution in [2.24, 2.45) is 4.99 Å². The number of hydrogen-bond donors (Lipinski definition) is 2. The summed E-state index contributed by atoms with van der Waals surface area (Å²) < 4.78 is 2.10. The predicted molar refractivity (Wildman–Crippen MR) is 87.6 cm³/mol. The summed E-state index contributed by atoms with van der Waals surface area (Å²) in [5.74, 6) is 0.848. The Balaban J connectivity index is 2.13. The zero-order valence-corrected chi connectivity index (χ0v) is 13.3. The van der Waals surface area contributed by atoms with E-state index in [1.807, 2.05) is 12.1 Å². The van der Waals surface area contributed by atoms with Crippen LogP contribution in [0.15, 0.2) is 29.4 Å². The van der Waals surface area contributed by atoms with Gasteiger partial charge >= 0.3 is 0 Å². The molecule has 0 spiro atoms. The van der Waals surface area contributed by atoms with Gasteiger partial charge in [-0.3, -0.25) is 0 Å². The Morgan fingerprint density at radius 3 is 2.86 bits per heavy atom. The molecule has 0 amide bonds. The number of pyridine rings is 1. The number of rotatable bonds is 5. The van der Waals surface area contributed by atoms with Gasteiger partial charge in [-0.05, 0) is 39.3 Å². The van der Waals surface area contributed by atoms with Crippen molar-refractivity contribution in [3.8, 4) is 0 Å². The van der Waals surface area contributed by atoms with Crippen LogP contribution < -0.4 is 10.6 Å². The van der Waals surface area contributed by atoms with E-state index in [1.165, 1.54) is 5.69 Å². The largest absolute Gasteiger partial charge is 0.357 e. The fourth-order valence-corrected chi connectivity index (χ4v) is 2.09. The summed E-state index contributed by atoms with van der Waals surface area (Å²) in [7, 11) is 0. The van der Waals surface area contributed by atoms with Crippen molar-refractivity contribution in [2.45, 2.75) is 46.7 Å². The molecular formula is C16H25N5. The minimum atomic E-state index is 0.408. The molecule has 2 aromatic rings. The van der Waals surface area contributed by atoms with Crippen molar-refractivity contribution < 1.29 is 0 Å². The van der Waals surface area contributed by atoms with E-state index in [0.29, 0.717) is 12.6 Å². The van der Waals surface area contributed by atoms with Gasteiger partial charge in [0, 0.05) is 24.5 Å². The number of nitrogens with one attached hydrogen (secondary N) is 2. The Labute approximate surface area is 126 Å². The van der Waals surface area contributed by atoms with Gasteiger partial charge in [0.1, 0.15) is 5.65 Å². The topological polar surface area (TPSA) is 53.7 Å². The first-order valence-corrected chi connectivity index (χ1v) is 7.62. The van der Waals surface area contributed by atoms with Crippen LogP contribution in [0, 0.1) is 6.92 Å². The first-order chi connectivity index (χ1) is 10.1. The van der Waals surface area contributed by atoms with Crippen molar-refractivity contribution >= 4 is 11.6 Å². The number of aliphatic imine (C=N–C) groups is 1. The van der Waals surface area contributed by atoms with E-state index in [0.717, 1.165) is 30.3 Å². The molecule has 0 aliphatic carbocycles. The molecule has 2 aromatic heterocycles. The molecule has 2 heterocycles. The second-order valence-corrected chi connectivity index (χ2v) is 5.28. The van der Waals surface area contributed by atoms with Crippen molar-refractivity contribution in [3.63, 3.8) is 0 Å². The van der Waals surface area contributed by atoms with Crippen LogP contribution in [0.3, 0.4) is 0 Å². The van der Waals surface area contributed by atoms with E-state index in [9.17, 15) is 0 Å². The predicted octanol–water partition coefficient (Wildman–Crippen LogP) is 2.50. The van der Waals surface area contributed by atoms with Gasteiger partial charge in [-0.2, -0.15) is 0 Å². The van der Waals surface area contributed by atoms with E-state index < -0.39 is 0 Å². The highest BCUT2D eigenvalue weighted by Gasteiger charge is 2.05. The lowest BCUT2D eigenvalue weighted by atomic mass is 10.3. The molecule has 0 fully saturated rings. The van der Waals surface area contributed by atoms with Crippen molar-refractivity contribution in [1.29, 1.82) is 0 Å². The third kappa shape index (κ3) is 3.97. The number of nitrogens with zero attached hydrogens (tertiary/aromatic N) is 3. The maximum absolute atomic E-state index is 4.62. The van der Waals surface area contributed by atoms with E-state index in [2.05, 4.69) is 65.0 Å². The van der Waals surface area contributed by atoms with Gasteiger partial charge in [-0.25, -0.2) is 9.98 Å². The SMILES string of the molecule is CCNC(=NCc1cn2c(C)cccc2n1)NC(C)CC. The van der Waals surface area contributed by atoms with Gasteiger partial charge in [0.05, 0.1) is 12.2 Å². The van der Waals surface area contributed by atoms with Gasteiger partial charge in [-0.15, -0.1) is 0 Å². The van der Waals surface area contributed by atoms with Crippen LogP contribution in [-0.2, 0) is 6.54 Å². The van der Waals surface area contributed by atoms with Gasteiger partial charge in [0.15, 0.2) is 5.96 Å². The molecule has 2 rings (SSSR count). The highest BCUT2D eigenvalue weighted by Crippen LogP contribution is 2.09. The molecule has 0 saturated heterocycles. The summed E-state index contributed by atoms with van der Waals surface area (Å²) in [5.41, 5.74) is 3.13. The second kappa shape index (κ2) is 7.11. The summed E-state index contributed by atoms with van der Waals surface area (Å²) in [6.07, 6.45) is 3.12. The van der Waals surface area contributed by atoms with Crippen LogP contribution in [0.4, 0.5) is 0 Å². The molecule has 21 heavy (non-hydrogen) atoms. The maximum Gasteiger partial charge on any atom is 0.191 e. The summed E-state index contributed by atoms with van der Waals surface area (Å²) in [5, 5.41) is 6.65. The quantitative estimate of drug-likeness (QED) is 0.656. The smallest absolute Gasteiger partial charge is 0.191 e. The first-order valence-electron chi connectivity index (χ1n) is 7.62. The molecule has 114 valence electrons. The Bertz CT molecular complexity index is 614. The Morgan fingerprint density at radius 1 is 1.38 bits per heavy atom. The molecule has 1 unspecified atom stereocenters. The second-order valence-electron chi connectivity index (χ2n) is 5.28. The van der Waals surface area contributed by atoms with Crippen LogP contribution in [-0.4, -0.2) is 27.9 Å².